The predicted octanol–water partition coefficient (Wildman–Crippen LogP) is 2.82. The second kappa shape index (κ2) is 7.36. The van der Waals surface area contributed by atoms with Gasteiger partial charge in [0.25, 0.3) is 0 Å². The molecule has 0 atom stereocenters. The van der Waals surface area contributed by atoms with Crippen LogP contribution in [0, 0.1) is 0 Å². The van der Waals surface area contributed by atoms with Gasteiger partial charge < -0.3 is 5.32 Å². The maximum atomic E-state index is 11.1. The molecule has 0 aromatic heterocycles. The lowest BCUT2D eigenvalue weighted by molar-refractivity contribution is -0.116. The summed E-state index contributed by atoms with van der Waals surface area (Å²) in [6.45, 7) is 8.78. The zero-order valence-electron chi connectivity index (χ0n) is 9.68. The third-order valence-corrected chi connectivity index (χ3v) is 1.82. The van der Waals surface area contributed by atoms with Gasteiger partial charge in [-0.05, 0) is 40.5 Å². The van der Waals surface area contributed by atoms with Crippen LogP contribution in [-0.4, -0.2) is 12.5 Å². The second-order valence-electron chi connectivity index (χ2n) is 3.71. The first-order valence-corrected chi connectivity index (χ1v) is 5.14. The molecule has 0 rings (SSSR count). The average Bonchev–Trinajstić information content (AvgIpc) is 2.03. The van der Waals surface area contributed by atoms with Crippen LogP contribution in [-0.2, 0) is 4.79 Å². The molecule has 14 heavy (non-hydrogen) atoms. The van der Waals surface area contributed by atoms with E-state index in [0.29, 0.717) is 6.54 Å². The third-order valence-electron chi connectivity index (χ3n) is 1.82. The Balaban J connectivity index is 3.89. The second-order valence-corrected chi connectivity index (χ2v) is 3.71. The molecule has 0 aromatic carbocycles. The van der Waals surface area contributed by atoms with Gasteiger partial charge in [0.1, 0.15) is 0 Å². The highest BCUT2D eigenvalue weighted by atomic mass is 16.1. The fourth-order valence-electron chi connectivity index (χ4n) is 1.11. The Morgan fingerprint density at radius 3 is 2.43 bits per heavy atom. The monoisotopic (exact) mass is 195 g/mol. The lowest BCUT2D eigenvalue weighted by atomic mass is 10.1. The van der Waals surface area contributed by atoms with Gasteiger partial charge in [-0.1, -0.05) is 17.2 Å². The Labute approximate surface area is 87.1 Å². The van der Waals surface area contributed by atoms with E-state index in [9.17, 15) is 4.79 Å². The van der Waals surface area contributed by atoms with Crippen LogP contribution in [0.1, 0.15) is 40.5 Å². The van der Waals surface area contributed by atoms with E-state index >= 15 is 0 Å². The van der Waals surface area contributed by atoms with E-state index in [0.717, 1.165) is 18.4 Å². The molecule has 0 aliphatic rings. The van der Waals surface area contributed by atoms with Gasteiger partial charge in [-0.25, -0.2) is 0 Å². The molecule has 1 N–H and O–H groups in total. The molecule has 0 bridgehead atoms. The van der Waals surface area contributed by atoms with Gasteiger partial charge in [-0.15, -0.1) is 0 Å². The Kier molecular flexibility index (Phi) is 6.81. The molecule has 0 saturated heterocycles. The fourth-order valence-corrected chi connectivity index (χ4v) is 1.11. The number of hydrogen-bond acceptors (Lipinski definition) is 1. The van der Waals surface area contributed by atoms with Gasteiger partial charge in [0.2, 0.25) is 5.91 Å². The van der Waals surface area contributed by atoms with Crippen molar-refractivity contribution in [3.05, 3.63) is 23.3 Å². The van der Waals surface area contributed by atoms with Crippen molar-refractivity contribution in [2.75, 3.05) is 6.54 Å². The molecule has 0 radical (unpaired) electrons. The summed E-state index contributed by atoms with van der Waals surface area (Å²) in [5.74, 6) is 0.0159. The van der Waals surface area contributed by atoms with E-state index in [1.165, 1.54) is 5.57 Å². The molecule has 0 heterocycles. The van der Waals surface area contributed by atoms with Gasteiger partial charge in [0.15, 0.2) is 0 Å². The molecule has 0 spiro atoms. The maximum absolute atomic E-state index is 11.1. The van der Waals surface area contributed by atoms with Gasteiger partial charge in [-0.2, -0.15) is 0 Å². The van der Waals surface area contributed by atoms with Gasteiger partial charge in [0, 0.05) is 12.6 Å². The van der Waals surface area contributed by atoms with Gasteiger partial charge in [-0.3, -0.25) is 4.79 Å². The molecule has 0 aliphatic carbocycles. The highest BCUT2D eigenvalue weighted by Gasteiger charge is 1.95. The standard InChI is InChI=1S/C12H21NO/c1-5-13-12(14)9-11(4)8-6-7-10(2)3/h7,9H,5-6,8H2,1-4H3,(H,13,14). The molecule has 0 saturated carbocycles. The SMILES string of the molecule is CCNC(=O)C=C(C)CCC=C(C)C. The van der Waals surface area contributed by atoms with Gasteiger partial charge in [0.05, 0.1) is 0 Å². The molecular formula is C12H21NO. The van der Waals surface area contributed by atoms with E-state index < -0.39 is 0 Å². The van der Waals surface area contributed by atoms with E-state index in [4.69, 9.17) is 0 Å². The number of allylic oxidation sites excluding steroid dienone is 3. The third kappa shape index (κ3) is 7.59. The minimum absolute atomic E-state index is 0.0159. The fraction of sp³-hybridized carbons (Fsp3) is 0.583. The summed E-state index contributed by atoms with van der Waals surface area (Å²) in [7, 11) is 0. The topological polar surface area (TPSA) is 29.1 Å². The first kappa shape index (κ1) is 12.9. The van der Waals surface area contributed by atoms with Crippen molar-refractivity contribution in [3.8, 4) is 0 Å². The molecule has 2 nitrogen and oxygen atoms in total. The van der Waals surface area contributed by atoms with Crippen molar-refractivity contribution in [1.29, 1.82) is 0 Å². The minimum Gasteiger partial charge on any atom is -0.353 e. The van der Waals surface area contributed by atoms with E-state index in [-0.39, 0.29) is 5.91 Å². The summed E-state index contributed by atoms with van der Waals surface area (Å²) in [5.41, 5.74) is 2.46. The van der Waals surface area contributed by atoms with Crippen molar-refractivity contribution in [2.24, 2.45) is 0 Å². The van der Waals surface area contributed by atoms with Crippen LogP contribution in [0.5, 0.6) is 0 Å². The highest BCUT2D eigenvalue weighted by Crippen LogP contribution is 2.05. The van der Waals surface area contributed by atoms with Gasteiger partial charge >= 0.3 is 0 Å². The average molecular weight is 195 g/mol. The molecule has 0 aliphatic heterocycles. The lowest BCUT2D eigenvalue weighted by Gasteiger charge is -1.99. The van der Waals surface area contributed by atoms with E-state index in [1.807, 2.05) is 13.8 Å². The van der Waals surface area contributed by atoms with Crippen LogP contribution in [0.2, 0.25) is 0 Å². The molecule has 1 amide bonds. The number of rotatable bonds is 5. The Hall–Kier alpha value is -1.05. The number of likely N-dealkylation sites (N-methyl/N-ethyl adjacent to an activating group) is 1. The Morgan fingerprint density at radius 2 is 1.93 bits per heavy atom. The summed E-state index contributed by atoms with van der Waals surface area (Å²) >= 11 is 0. The van der Waals surface area contributed by atoms with Crippen LogP contribution in [0.15, 0.2) is 23.3 Å². The zero-order valence-corrected chi connectivity index (χ0v) is 9.68. The quantitative estimate of drug-likeness (QED) is 0.530. The maximum Gasteiger partial charge on any atom is 0.243 e. The minimum atomic E-state index is 0.0159. The molecular weight excluding hydrogens is 174 g/mol. The lowest BCUT2D eigenvalue weighted by Crippen LogP contribution is -2.20. The van der Waals surface area contributed by atoms with E-state index in [1.54, 1.807) is 6.08 Å². The summed E-state index contributed by atoms with van der Waals surface area (Å²) < 4.78 is 0. The van der Waals surface area contributed by atoms with Crippen molar-refractivity contribution in [3.63, 3.8) is 0 Å². The molecule has 2 heteroatoms. The molecule has 80 valence electrons. The molecule has 0 unspecified atom stereocenters. The highest BCUT2D eigenvalue weighted by molar-refractivity contribution is 5.88. The Bertz CT molecular complexity index is 235. The largest absolute Gasteiger partial charge is 0.353 e. The molecule has 0 fully saturated rings. The van der Waals surface area contributed by atoms with E-state index in [2.05, 4.69) is 25.2 Å². The normalized spacial score (nSPS) is 11.0. The van der Waals surface area contributed by atoms with Crippen molar-refractivity contribution in [2.45, 2.75) is 40.5 Å². The number of amides is 1. The number of carbonyl (C=O) groups is 1. The zero-order chi connectivity index (χ0) is 11.0. The van der Waals surface area contributed by atoms with Crippen LogP contribution in [0.4, 0.5) is 0 Å². The number of hydrogen-bond donors (Lipinski definition) is 1. The predicted molar refractivity (Wildman–Crippen MR) is 61.1 cm³/mol. The molecule has 0 aromatic rings. The first-order chi connectivity index (χ1) is 6.56. The van der Waals surface area contributed by atoms with Crippen LogP contribution in [0.25, 0.3) is 0 Å². The van der Waals surface area contributed by atoms with Crippen LogP contribution < -0.4 is 5.32 Å². The van der Waals surface area contributed by atoms with Crippen LogP contribution >= 0.6 is 0 Å². The first-order valence-electron chi connectivity index (χ1n) is 5.14. The number of nitrogens with one attached hydrogen (secondary N) is 1. The summed E-state index contributed by atoms with van der Waals surface area (Å²) in [6, 6.07) is 0. The van der Waals surface area contributed by atoms with Crippen molar-refractivity contribution in [1.82, 2.24) is 5.32 Å². The summed E-state index contributed by atoms with van der Waals surface area (Å²) in [5, 5.41) is 2.74. The smallest absolute Gasteiger partial charge is 0.243 e. The Morgan fingerprint density at radius 1 is 1.29 bits per heavy atom. The van der Waals surface area contributed by atoms with Crippen molar-refractivity contribution >= 4 is 5.91 Å². The van der Waals surface area contributed by atoms with Crippen molar-refractivity contribution < 1.29 is 4.79 Å². The number of carbonyl (C=O) groups excluding carboxylic acids is 1. The van der Waals surface area contributed by atoms with Crippen LogP contribution in [0.3, 0.4) is 0 Å². The summed E-state index contributed by atoms with van der Waals surface area (Å²) in [6.07, 6.45) is 5.85. The summed E-state index contributed by atoms with van der Waals surface area (Å²) in [4.78, 5) is 11.1.